The highest BCUT2D eigenvalue weighted by Gasteiger charge is 2.25. The van der Waals surface area contributed by atoms with Crippen LogP contribution in [0.2, 0.25) is 0 Å². The summed E-state index contributed by atoms with van der Waals surface area (Å²) in [5.41, 5.74) is 5.70. The number of hydrogen-bond donors (Lipinski definition) is 6. The fraction of sp³-hybridized carbons (Fsp3) is 0.219. The number of rotatable bonds is 12. The van der Waals surface area contributed by atoms with E-state index in [1.54, 1.807) is 6.07 Å². The molecule has 1 aromatic heterocycles. The van der Waals surface area contributed by atoms with Gasteiger partial charge in [-0.05, 0) is 40.3 Å². The molecule has 0 radical (unpaired) electrons. The van der Waals surface area contributed by atoms with Crippen LogP contribution in [0.25, 0.3) is 10.2 Å². The van der Waals surface area contributed by atoms with E-state index in [4.69, 9.17) is 0 Å². The number of phenolic OH excluding ortho intramolecular Hbond substituents is 1. The molecule has 206 valence electrons. The molecule has 0 amide bonds. The number of phenols is 1. The van der Waals surface area contributed by atoms with Crippen LogP contribution in [-0.2, 0) is 19.4 Å². The SMILES string of the molecule is O=c1[nH]c2c(O)ccc(CC(O)(O)NCCc3ccc(CNCC(c4ccccc4)c4ccccc4)cc3)c2s1. The minimum atomic E-state index is -2.16. The monoisotopic (exact) mass is 555 g/mol. The van der Waals surface area contributed by atoms with Gasteiger partial charge in [0.05, 0.1) is 4.70 Å². The fourth-order valence-corrected chi connectivity index (χ4v) is 5.80. The number of fused-ring (bicyclic) bond motifs is 1. The van der Waals surface area contributed by atoms with Crippen LogP contribution >= 0.6 is 11.3 Å². The molecule has 8 heteroatoms. The maximum Gasteiger partial charge on any atom is 0.305 e. The number of H-pyrrole nitrogens is 1. The van der Waals surface area contributed by atoms with Gasteiger partial charge in [-0.25, -0.2) is 0 Å². The normalized spacial score (nSPS) is 11.9. The van der Waals surface area contributed by atoms with Gasteiger partial charge in [-0.15, -0.1) is 0 Å². The van der Waals surface area contributed by atoms with Crippen molar-refractivity contribution in [2.75, 3.05) is 13.1 Å². The van der Waals surface area contributed by atoms with Crippen molar-refractivity contribution < 1.29 is 15.3 Å². The summed E-state index contributed by atoms with van der Waals surface area (Å²) in [7, 11) is 0. The van der Waals surface area contributed by atoms with E-state index < -0.39 is 5.91 Å². The van der Waals surface area contributed by atoms with Gasteiger partial charge in [0.2, 0.25) is 5.91 Å². The third-order valence-corrected chi connectivity index (χ3v) is 7.96. The lowest BCUT2D eigenvalue weighted by Gasteiger charge is -2.23. The predicted octanol–water partition coefficient (Wildman–Crippen LogP) is 4.23. The smallest absolute Gasteiger partial charge is 0.305 e. The van der Waals surface area contributed by atoms with Gasteiger partial charge in [0, 0.05) is 32.0 Å². The number of thiazole rings is 1. The van der Waals surface area contributed by atoms with Crippen LogP contribution in [0, 0.1) is 0 Å². The number of aliphatic hydroxyl groups is 2. The molecule has 5 rings (SSSR count). The van der Waals surface area contributed by atoms with Crippen molar-refractivity contribution >= 4 is 21.6 Å². The first-order valence-electron chi connectivity index (χ1n) is 13.3. The maximum absolute atomic E-state index is 11.7. The molecule has 0 aliphatic rings. The number of hydrogen-bond acceptors (Lipinski definition) is 7. The Labute approximate surface area is 236 Å². The fourth-order valence-electron chi connectivity index (χ4n) is 4.93. The Hall–Kier alpha value is -3.79. The number of aromatic amines is 1. The molecule has 1 heterocycles. The zero-order valence-corrected chi connectivity index (χ0v) is 22.8. The third kappa shape index (κ3) is 7.04. The molecule has 0 saturated heterocycles. The molecule has 0 atom stereocenters. The quantitative estimate of drug-likeness (QED) is 0.128. The summed E-state index contributed by atoms with van der Waals surface area (Å²) in [6, 6.07) is 32.4. The lowest BCUT2D eigenvalue weighted by Crippen LogP contribution is -2.47. The number of benzene rings is 4. The summed E-state index contributed by atoms with van der Waals surface area (Å²) in [5, 5.41) is 37.4. The highest BCUT2D eigenvalue weighted by atomic mass is 32.1. The molecular weight excluding hydrogens is 522 g/mol. The zero-order valence-electron chi connectivity index (χ0n) is 22.0. The van der Waals surface area contributed by atoms with E-state index in [2.05, 4.69) is 88.4 Å². The molecule has 4 aromatic carbocycles. The molecule has 0 aliphatic carbocycles. The first kappa shape index (κ1) is 27.8. The molecule has 0 bridgehead atoms. The van der Waals surface area contributed by atoms with Crippen molar-refractivity contribution in [3.63, 3.8) is 0 Å². The van der Waals surface area contributed by atoms with Crippen LogP contribution in [0.5, 0.6) is 5.75 Å². The van der Waals surface area contributed by atoms with Gasteiger partial charge < -0.3 is 25.6 Å². The van der Waals surface area contributed by atoms with E-state index in [1.807, 2.05) is 12.1 Å². The van der Waals surface area contributed by atoms with Crippen LogP contribution in [0.1, 0.15) is 33.7 Å². The summed E-state index contributed by atoms with van der Waals surface area (Å²) in [5.74, 6) is -1.94. The largest absolute Gasteiger partial charge is 0.506 e. The molecule has 6 N–H and O–H groups in total. The molecule has 0 spiro atoms. The lowest BCUT2D eigenvalue weighted by atomic mass is 9.91. The molecular formula is C32H33N3O4S. The number of nitrogens with one attached hydrogen (secondary N) is 3. The second kappa shape index (κ2) is 12.6. The van der Waals surface area contributed by atoms with Gasteiger partial charge in [-0.3, -0.25) is 10.1 Å². The number of aromatic hydroxyl groups is 1. The van der Waals surface area contributed by atoms with Gasteiger partial charge in [-0.1, -0.05) is 102 Å². The van der Waals surface area contributed by atoms with Crippen LogP contribution in [0.4, 0.5) is 0 Å². The highest BCUT2D eigenvalue weighted by molar-refractivity contribution is 7.16. The van der Waals surface area contributed by atoms with E-state index in [0.717, 1.165) is 30.0 Å². The topological polar surface area (TPSA) is 118 Å². The van der Waals surface area contributed by atoms with Gasteiger partial charge >= 0.3 is 4.87 Å². The Morgan fingerprint density at radius 2 is 1.45 bits per heavy atom. The Morgan fingerprint density at radius 3 is 2.10 bits per heavy atom. The summed E-state index contributed by atoms with van der Waals surface area (Å²) < 4.78 is 0.516. The van der Waals surface area contributed by atoms with Crippen molar-refractivity contribution in [2.24, 2.45) is 0 Å². The summed E-state index contributed by atoms with van der Waals surface area (Å²) >= 11 is 0.934. The summed E-state index contributed by atoms with van der Waals surface area (Å²) in [6.07, 6.45) is 0.484. The Balaban J connectivity index is 1.12. The maximum atomic E-state index is 11.7. The van der Waals surface area contributed by atoms with Crippen molar-refractivity contribution in [1.29, 1.82) is 0 Å². The molecule has 0 aliphatic heterocycles. The number of aromatic nitrogens is 1. The molecule has 7 nitrogen and oxygen atoms in total. The van der Waals surface area contributed by atoms with Crippen LogP contribution in [0.3, 0.4) is 0 Å². The molecule has 0 saturated carbocycles. The molecule has 40 heavy (non-hydrogen) atoms. The molecule has 0 fully saturated rings. The standard InChI is InChI=1S/C32H33N3O4S/c36-28-16-15-26(30-29(28)35-31(37)40-30)19-32(38,39)34-18-17-22-11-13-23(14-12-22)20-33-21-27(24-7-3-1-4-8-24)25-9-5-2-6-10-25/h1-16,27,33-34,36,38-39H,17-21H2,(H,35,37). The van der Waals surface area contributed by atoms with E-state index in [0.29, 0.717) is 28.7 Å². The van der Waals surface area contributed by atoms with Gasteiger partial charge in [0.25, 0.3) is 0 Å². The van der Waals surface area contributed by atoms with E-state index in [-0.39, 0.29) is 23.0 Å². The van der Waals surface area contributed by atoms with Crippen LogP contribution in [0.15, 0.2) is 102 Å². The van der Waals surface area contributed by atoms with Gasteiger partial charge in [0.1, 0.15) is 11.3 Å². The Morgan fingerprint density at radius 1 is 0.825 bits per heavy atom. The van der Waals surface area contributed by atoms with Crippen LogP contribution < -0.4 is 15.5 Å². The average Bonchev–Trinajstić information content (AvgIpc) is 3.37. The van der Waals surface area contributed by atoms with Crippen molar-refractivity contribution in [2.45, 2.75) is 31.2 Å². The lowest BCUT2D eigenvalue weighted by molar-refractivity contribution is -0.183. The van der Waals surface area contributed by atoms with Crippen molar-refractivity contribution in [1.82, 2.24) is 15.6 Å². The Bertz CT molecular complexity index is 1540. The van der Waals surface area contributed by atoms with Crippen molar-refractivity contribution in [3.05, 3.63) is 135 Å². The zero-order chi connectivity index (χ0) is 28.0. The average molecular weight is 556 g/mol. The second-order valence-electron chi connectivity index (χ2n) is 9.95. The Kier molecular flexibility index (Phi) is 8.74. The third-order valence-electron chi connectivity index (χ3n) is 7.00. The second-order valence-corrected chi connectivity index (χ2v) is 10.9. The first-order valence-corrected chi connectivity index (χ1v) is 14.1. The summed E-state index contributed by atoms with van der Waals surface area (Å²) in [6.45, 7) is 1.92. The minimum Gasteiger partial charge on any atom is -0.506 e. The minimum absolute atomic E-state index is 0.0441. The van der Waals surface area contributed by atoms with E-state index >= 15 is 0 Å². The predicted molar refractivity (Wildman–Crippen MR) is 160 cm³/mol. The van der Waals surface area contributed by atoms with Gasteiger partial charge in [-0.2, -0.15) is 0 Å². The first-order chi connectivity index (χ1) is 19.4. The van der Waals surface area contributed by atoms with E-state index in [9.17, 15) is 20.1 Å². The molecule has 0 unspecified atom stereocenters. The van der Waals surface area contributed by atoms with E-state index in [1.165, 1.54) is 22.8 Å². The van der Waals surface area contributed by atoms with Gasteiger partial charge in [0.15, 0.2) is 0 Å². The summed E-state index contributed by atoms with van der Waals surface area (Å²) in [4.78, 5) is 14.0. The highest BCUT2D eigenvalue weighted by Crippen LogP contribution is 2.29. The van der Waals surface area contributed by atoms with Crippen molar-refractivity contribution in [3.8, 4) is 5.75 Å². The molecule has 5 aromatic rings. The van der Waals surface area contributed by atoms with Crippen LogP contribution in [-0.4, -0.2) is 39.3 Å².